The summed E-state index contributed by atoms with van der Waals surface area (Å²) in [6.45, 7) is 4.68. The van der Waals surface area contributed by atoms with Gasteiger partial charge in [-0.3, -0.25) is 0 Å². The van der Waals surface area contributed by atoms with Crippen LogP contribution >= 0.6 is 0 Å². The van der Waals surface area contributed by atoms with E-state index in [9.17, 15) is 5.11 Å². The summed E-state index contributed by atoms with van der Waals surface area (Å²) in [7, 11) is 0. The van der Waals surface area contributed by atoms with Crippen LogP contribution in [0, 0.1) is 5.41 Å². The van der Waals surface area contributed by atoms with Crippen LogP contribution in [-0.2, 0) is 0 Å². The van der Waals surface area contributed by atoms with E-state index in [0.717, 1.165) is 5.69 Å². The molecule has 1 unspecified atom stereocenters. The highest BCUT2D eigenvalue weighted by molar-refractivity contribution is 5.47. The summed E-state index contributed by atoms with van der Waals surface area (Å²) in [6, 6.07) is 7.90. The molecular formula is C14H21NO. The molecule has 1 aliphatic carbocycles. The number of nitrogens with one attached hydrogen (secondary N) is 1. The first-order valence-electron chi connectivity index (χ1n) is 6.13. The van der Waals surface area contributed by atoms with Gasteiger partial charge in [-0.05, 0) is 42.5 Å². The zero-order valence-electron chi connectivity index (χ0n) is 10.2. The Kier molecular flexibility index (Phi) is 3.08. The fraction of sp³-hybridized carbons (Fsp3) is 0.571. The van der Waals surface area contributed by atoms with Crippen molar-refractivity contribution < 1.29 is 5.11 Å². The van der Waals surface area contributed by atoms with Gasteiger partial charge in [-0.15, -0.1) is 0 Å². The minimum absolute atomic E-state index is 0.327. The fourth-order valence-corrected chi connectivity index (χ4v) is 2.52. The largest absolute Gasteiger partial charge is 0.508 e. The van der Waals surface area contributed by atoms with Crippen LogP contribution in [0.3, 0.4) is 0 Å². The first-order valence-corrected chi connectivity index (χ1v) is 6.13. The Morgan fingerprint density at radius 3 is 2.50 bits per heavy atom. The molecule has 0 amide bonds. The maximum atomic E-state index is 9.24. The number of aromatic hydroxyl groups is 1. The highest BCUT2D eigenvalue weighted by atomic mass is 16.3. The SMILES string of the molecule is CC1(C)CCCCC1Nc1ccc(O)cc1. The smallest absolute Gasteiger partial charge is 0.115 e. The maximum Gasteiger partial charge on any atom is 0.115 e. The first kappa shape index (κ1) is 11.3. The highest BCUT2D eigenvalue weighted by Crippen LogP contribution is 2.37. The minimum atomic E-state index is 0.327. The molecule has 1 aliphatic rings. The Bertz CT molecular complexity index is 342. The van der Waals surface area contributed by atoms with Gasteiger partial charge in [0, 0.05) is 11.7 Å². The number of phenols is 1. The van der Waals surface area contributed by atoms with Gasteiger partial charge in [0.1, 0.15) is 5.75 Å². The summed E-state index contributed by atoms with van der Waals surface area (Å²) in [6.07, 6.45) is 5.20. The Balaban J connectivity index is 2.05. The third-order valence-electron chi connectivity index (χ3n) is 3.72. The fourth-order valence-electron chi connectivity index (χ4n) is 2.52. The van der Waals surface area contributed by atoms with Crippen molar-refractivity contribution in [1.82, 2.24) is 0 Å². The second kappa shape index (κ2) is 4.36. The summed E-state index contributed by atoms with van der Waals surface area (Å²) in [5, 5.41) is 12.8. The molecule has 0 radical (unpaired) electrons. The second-order valence-corrected chi connectivity index (χ2v) is 5.48. The van der Waals surface area contributed by atoms with Gasteiger partial charge in [0.25, 0.3) is 0 Å². The number of hydrogen-bond acceptors (Lipinski definition) is 2. The Morgan fingerprint density at radius 2 is 1.88 bits per heavy atom. The van der Waals surface area contributed by atoms with Crippen molar-refractivity contribution in [2.75, 3.05) is 5.32 Å². The molecule has 2 N–H and O–H groups in total. The van der Waals surface area contributed by atoms with Crippen LogP contribution in [-0.4, -0.2) is 11.1 Å². The van der Waals surface area contributed by atoms with Crippen LogP contribution in [0.2, 0.25) is 0 Å². The molecule has 2 rings (SSSR count). The molecule has 1 aromatic rings. The van der Waals surface area contributed by atoms with Crippen molar-refractivity contribution in [1.29, 1.82) is 0 Å². The summed E-state index contributed by atoms with van der Waals surface area (Å²) in [5.41, 5.74) is 1.48. The van der Waals surface area contributed by atoms with E-state index in [1.165, 1.54) is 25.7 Å². The molecule has 2 heteroatoms. The Labute approximate surface area is 97.7 Å². The van der Waals surface area contributed by atoms with Crippen molar-refractivity contribution in [3.63, 3.8) is 0 Å². The molecule has 2 nitrogen and oxygen atoms in total. The number of rotatable bonds is 2. The lowest BCUT2D eigenvalue weighted by molar-refractivity contribution is 0.217. The molecule has 88 valence electrons. The van der Waals surface area contributed by atoms with E-state index < -0.39 is 0 Å². The van der Waals surface area contributed by atoms with Gasteiger partial charge in [0.2, 0.25) is 0 Å². The van der Waals surface area contributed by atoms with Crippen molar-refractivity contribution >= 4 is 5.69 Å². The van der Waals surface area contributed by atoms with Crippen LogP contribution in [0.15, 0.2) is 24.3 Å². The number of hydrogen-bond donors (Lipinski definition) is 2. The Hall–Kier alpha value is -1.18. The average Bonchev–Trinajstić information content (AvgIpc) is 2.24. The van der Waals surface area contributed by atoms with Crippen LogP contribution in [0.1, 0.15) is 39.5 Å². The van der Waals surface area contributed by atoms with Crippen molar-refractivity contribution in [2.24, 2.45) is 5.41 Å². The van der Waals surface area contributed by atoms with Crippen LogP contribution < -0.4 is 5.32 Å². The first-order chi connectivity index (χ1) is 7.58. The normalized spacial score (nSPS) is 24.0. The van der Waals surface area contributed by atoms with Gasteiger partial charge in [0.15, 0.2) is 0 Å². The molecule has 0 saturated heterocycles. The van der Waals surface area contributed by atoms with E-state index in [1.807, 2.05) is 12.1 Å². The average molecular weight is 219 g/mol. The maximum absolute atomic E-state index is 9.24. The van der Waals surface area contributed by atoms with Gasteiger partial charge in [-0.2, -0.15) is 0 Å². The molecule has 0 aromatic heterocycles. The minimum Gasteiger partial charge on any atom is -0.508 e. The molecule has 1 saturated carbocycles. The molecule has 1 aromatic carbocycles. The molecule has 0 aliphatic heterocycles. The topological polar surface area (TPSA) is 32.3 Å². The van der Waals surface area contributed by atoms with E-state index in [2.05, 4.69) is 19.2 Å². The third kappa shape index (κ3) is 2.49. The molecule has 0 bridgehead atoms. The van der Waals surface area contributed by atoms with Crippen LogP contribution in [0.4, 0.5) is 5.69 Å². The van der Waals surface area contributed by atoms with Gasteiger partial charge in [-0.25, -0.2) is 0 Å². The van der Waals surface area contributed by atoms with Crippen molar-refractivity contribution in [2.45, 2.75) is 45.6 Å². The standard InChI is InChI=1S/C14H21NO/c1-14(2)10-4-3-5-13(14)15-11-6-8-12(16)9-7-11/h6-9,13,15-16H,3-5,10H2,1-2H3. The molecule has 0 spiro atoms. The molecule has 1 atom stereocenters. The summed E-state index contributed by atoms with van der Waals surface area (Å²) >= 11 is 0. The predicted molar refractivity (Wildman–Crippen MR) is 67.8 cm³/mol. The molecule has 16 heavy (non-hydrogen) atoms. The quantitative estimate of drug-likeness (QED) is 0.742. The second-order valence-electron chi connectivity index (χ2n) is 5.48. The van der Waals surface area contributed by atoms with Crippen LogP contribution in [0.5, 0.6) is 5.75 Å². The number of phenolic OH excluding ortho intramolecular Hbond substituents is 1. The van der Waals surface area contributed by atoms with Gasteiger partial charge >= 0.3 is 0 Å². The van der Waals surface area contributed by atoms with Gasteiger partial charge in [0.05, 0.1) is 0 Å². The summed E-state index contributed by atoms with van der Waals surface area (Å²) < 4.78 is 0. The van der Waals surface area contributed by atoms with E-state index >= 15 is 0 Å². The molecule has 1 fully saturated rings. The lowest BCUT2D eigenvalue weighted by Gasteiger charge is -2.39. The van der Waals surface area contributed by atoms with E-state index in [1.54, 1.807) is 12.1 Å². The lowest BCUT2D eigenvalue weighted by Crippen LogP contribution is -2.38. The number of benzene rings is 1. The molecule has 0 heterocycles. The van der Waals surface area contributed by atoms with Crippen molar-refractivity contribution in [3.05, 3.63) is 24.3 Å². The summed E-state index contributed by atoms with van der Waals surface area (Å²) in [4.78, 5) is 0. The monoisotopic (exact) mass is 219 g/mol. The number of anilines is 1. The van der Waals surface area contributed by atoms with Gasteiger partial charge < -0.3 is 10.4 Å². The van der Waals surface area contributed by atoms with E-state index in [0.29, 0.717) is 17.2 Å². The van der Waals surface area contributed by atoms with E-state index in [-0.39, 0.29) is 0 Å². The van der Waals surface area contributed by atoms with Crippen LogP contribution in [0.25, 0.3) is 0 Å². The zero-order valence-corrected chi connectivity index (χ0v) is 10.2. The highest BCUT2D eigenvalue weighted by Gasteiger charge is 2.31. The lowest BCUT2D eigenvalue weighted by atomic mass is 9.73. The summed E-state index contributed by atoms with van der Waals surface area (Å²) in [5.74, 6) is 0.327. The predicted octanol–water partition coefficient (Wildman–Crippen LogP) is 3.77. The third-order valence-corrected chi connectivity index (χ3v) is 3.72. The zero-order chi connectivity index (χ0) is 11.6. The van der Waals surface area contributed by atoms with Gasteiger partial charge in [-0.1, -0.05) is 26.7 Å². The Morgan fingerprint density at radius 1 is 1.19 bits per heavy atom. The van der Waals surface area contributed by atoms with Crippen molar-refractivity contribution in [3.8, 4) is 5.75 Å². The molecular weight excluding hydrogens is 198 g/mol. The van der Waals surface area contributed by atoms with E-state index in [4.69, 9.17) is 0 Å².